The van der Waals surface area contributed by atoms with Crippen LogP contribution in [-0.4, -0.2) is 122 Å². The quantitative estimate of drug-likeness (QED) is 0.0388. The molecule has 0 saturated heterocycles. The van der Waals surface area contributed by atoms with E-state index >= 15 is 0 Å². The molecule has 0 bridgehead atoms. The van der Waals surface area contributed by atoms with Crippen molar-refractivity contribution in [3.8, 4) is 0 Å². The maximum Gasteiger partial charge on any atom is 0.327 e. The molecule has 1 rings (SSSR count). The van der Waals surface area contributed by atoms with E-state index in [-0.39, 0.29) is 51.1 Å². The number of rotatable bonds is 27. The van der Waals surface area contributed by atoms with Crippen LogP contribution in [0.1, 0.15) is 62.5 Å². The Morgan fingerprint density at radius 1 is 0.582 bits per heavy atom. The highest BCUT2D eigenvalue weighted by Gasteiger charge is 2.32. The van der Waals surface area contributed by atoms with Crippen LogP contribution >= 0.6 is 12.6 Å². The molecule has 6 amide bonds. The third-order valence-electron chi connectivity index (χ3n) is 7.64. The number of carbonyl (C=O) groups is 10. The van der Waals surface area contributed by atoms with Gasteiger partial charge in [-0.05, 0) is 36.8 Å². The second kappa shape index (κ2) is 25.2. The van der Waals surface area contributed by atoms with E-state index in [1.165, 1.54) is 0 Å². The summed E-state index contributed by atoms with van der Waals surface area (Å²) in [6.07, 6.45) is -1.96. The van der Waals surface area contributed by atoms with Gasteiger partial charge in [-0.15, -0.1) is 0 Å². The molecule has 0 aromatic heterocycles. The Balaban J connectivity index is 2.59. The van der Waals surface area contributed by atoms with E-state index in [0.717, 1.165) is 0 Å². The topological polar surface area (TPSA) is 344 Å². The first-order chi connectivity index (χ1) is 25.9. The zero-order chi connectivity index (χ0) is 41.5. The van der Waals surface area contributed by atoms with Gasteiger partial charge in [0, 0.05) is 38.2 Å². The van der Waals surface area contributed by atoms with Crippen molar-refractivity contribution >= 4 is 72.1 Å². The Morgan fingerprint density at radius 2 is 1.16 bits per heavy atom. The molecule has 0 saturated carbocycles. The van der Waals surface area contributed by atoms with E-state index < -0.39 is 103 Å². The van der Waals surface area contributed by atoms with E-state index in [0.29, 0.717) is 24.0 Å². The summed E-state index contributed by atoms with van der Waals surface area (Å²) in [5, 5.41) is 59.9. The fourth-order valence-corrected chi connectivity index (χ4v) is 5.03. The monoisotopic (exact) mass is 798 g/mol. The van der Waals surface area contributed by atoms with Gasteiger partial charge in [0.25, 0.3) is 0 Å². The molecule has 1 aromatic carbocycles. The van der Waals surface area contributed by atoms with Gasteiger partial charge in [-0.3, -0.25) is 28.8 Å². The lowest BCUT2D eigenvalue weighted by Gasteiger charge is -2.21. The molecule has 21 nitrogen and oxygen atoms in total. The Morgan fingerprint density at radius 3 is 1.73 bits per heavy atom. The van der Waals surface area contributed by atoms with E-state index in [2.05, 4.69) is 44.5 Å². The Kier molecular flexibility index (Phi) is 21.5. The molecular weight excluding hydrogens is 752 g/mol. The molecular formula is C33H46N6O15S. The number of hydrogen-bond donors (Lipinski definition) is 12. The molecule has 22 heteroatoms. The zero-order valence-corrected chi connectivity index (χ0v) is 30.5. The molecule has 0 aliphatic heterocycles. The van der Waals surface area contributed by atoms with E-state index in [1.807, 2.05) is 0 Å². The van der Waals surface area contributed by atoms with Crippen LogP contribution in [0.2, 0.25) is 0 Å². The normalized spacial score (nSPS) is 12.7. The van der Waals surface area contributed by atoms with Gasteiger partial charge in [0.05, 0.1) is 31.2 Å². The minimum absolute atomic E-state index is 0.0642. The molecule has 304 valence electrons. The molecule has 0 radical (unpaired) electrons. The molecule has 0 fully saturated rings. The highest BCUT2D eigenvalue weighted by molar-refractivity contribution is 7.80. The number of amides is 6. The standard InChI is InChI=1S/C33H46N6O15S/c40-24(13-20(14-27(44)45)29(48)38-23(17-55)31(51)52)22(15-28(46)47)37-25(41)12-18-6-8-19(9-7-18)16-36-32(53)34-10-2-1-4-21(30(49)50)39-33(54)35-11-3-5-26(42)43/h6-9,20-23,55H,1-5,10-17H2,(H,37,41)(H,38,48)(H,42,43)(H,44,45)(H,46,47)(H,49,50)(H,51,52)(H2,34,36,53)(H2,35,39,54)/t20-,21?,22-,23+/m1/s1. The van der Waals surface area contributed by atoms with Crippen molar-refractivity contribution < 1.29 is 73.5 Å². The summed E-state index contributed by atoms with van der Waals surface area (Å²) in [4.78, 5) is 118. The van der Waals surface area contributed by atoms with Crippen LogP contribution in [0.3, 0.4) is 0 Å². The maximum atomic E-state index is 13.0. The van der Waals surface area contributed by atoms with Gasteiger partial charge < -0.3 is 57.4 Å². The predicted molar refractivity (Wildman–Crippen MR) is 192 cm³/mol. The number of ketones is 1. The summed E-state index contributed by atoms with van der Waals surface area (Å²) >= 11 is 3.81. The number of carbonyl (C=O) groups excluding carboxylic acids is 5. The van der Waals surface area contributed by atoms with Crippen molar-refractivity contribution in [1.29, 1.82) is 0 Å². The number of nitrogens with one attached hydrogen (secondary N) is 6. The van der Waals surface area contributed by atoms with Crippen LogP contribution in [0, 0.1) is 5.92 Å². The average Bonchev–Trinajstić information content (AvgIpc) is 3.10. The summed E-state index contributed by atoms with van der Waals surface area (Å²) in [6.45, 7) is 0.356. The van der Waals surface area contributed by atoms with Crippen LogP contribution in [0.15, 0.2) is 24.3 Å². The Hall–Kier alpha value is -5.93. The molecule has 0 aliphatic carbocycles. The highest BCUT2D eigenvalue weighted by Crippen LogP contribution is 2.14. The number of urea groups is 2. The van der Waals surface area contributed by atoms with Crippen LogP contribution in [-0.2, 0) is 51.3 Å². The zero-order valence-electron chi connectivity index (χ0n) is 29.6. The lowest BCUT2D eigenvalue weighted by atomic mass is 9.93. The minimum atomic E-state index is -1.62. The largest absolute Gasteiger partial charge is 0.481 e. The number of unbranched alkanes of at least 4 members (excludes halogenated alkanes) is 1. The molecule has 11 N–H and O–H groups in total. The summed E-state index contributed by atoms with van der Waals surface area (Å²) in [7, 11) is 0. The molecule has 0 spiro atoms. The summed E-state index contributed by atoms with van der Waals surface area (Å²) in [6, 6.07) is 0.787. The lowest BCUT2D eigenvalue weighted by Crippen LogP contribution is -2.47. The third kappa shape index (κ3) is 20.8. The van der Waals surface area contributed by atoms with Gasteiger partial charge >= 0.3 is 41.9 Å². The summed E-state index contributed by atoms with van der Waals surface area (Å²) < 4.78 is 0. The maximum absolute atomic E-state index is 13.0. The number of carboxylic acids is 5. The summed E-state index contributed by atoms with van der Waals surface area (Å²) in [5.74, 6) is -11.3. The number of aliphatic carboxylic acids is 5. The predicted octanol–water partition coefficient (Wildman–Crippen LogP) is -0.675. The molecule has 1 aromatic rings. The van der Waals surface area contributed by atoms with Crippen molar-refractivity contribution in [2.45, 2.75) is 82.5 Å². The number of carboxylic acid groups (broad SMARTS) is 5. The van der Waals surface area contributed by atoms with Crippen LogP contribution in [0.25, 0.3) is 0 Å². The van der Waals surface area contributed by atoms with Crippen molar-refractivity contribution in [2.24, 2.45) is 5.92 Å². The molecule has 4 atom stereocenters. The second-order valence-corrected chi connectivity index (χ2v) is 12.5. The van der Waals surface area contributed by atoms with Gasteiger partial charge in [0.2, 0.25) is 11.8 Å². The smallest absolute Gasteiger partial charge is 0.327 e. The molecule has 1 unspecified atom stereocenters. The van der Waals surface area contributed by atoms with Crippen LogP contribution in [0.4, 0.5) is 9.59 Å². The summed E-state index contributed by atoms with van der Waals surface area (Å²) in [5.41, 5.74) is 1.09. The van der Waals surface area contributed by atoms with E-state index in [1.54, 1.807) is 24.3 Å². The van der Waals surface area contributed by atoms with Crippen molar-refractivity contribution in [3.05, 3.63) is 35.4 Å². The van der Waals surface area contributed by atoms with Gasteiger partial charge in [0.15, 0.2) is 5.78 Å². The van der Waals surface area contributed by atoms with Gasteiger partial charge in [0.1, 0.15) is 12.1 Å². The van der Waals surface area contributed by atoms with Crippen molar-refractivity contribution in [1.82, 2.24) is 31.9 Å². The first-order valence-electron chi connectivity index (χ1n) is 16.9. The van der Waals surface area contributed by atoms with E-state index in [9.17, 15) is 63.3 Å². The van der Waals surface area contributed by atoms with Gasteiger partial charge in [-0.2, -0.15) is 12.6 Å². The lowest BCUT2D eigenvalue weighted by molar-refractivity contribution is -0.145. The van der Waals surface area contributed by atoms with Gasteiger partial charge in [-0.1, -0.05) is 24.3 Å². The molecule has 55 heavy (non-hydrogen) atoms. The molecule has 0 aliphatic rings. The average molecular weight is 799 g/mol. The Labute approximate surface area is 319 Å². The fraction of sp³-hybridized carbons (Fsp3) is 0.515. The number of benzene rings is 1. The van der Waals surface area contributed by atoms with Gasteiger partial charge in [-0.25, -0.2) is 19.2 Å². The van der Waals surface area contributed by atoms with E-state index in [4.69, 9.17) is 10.2 Å². The third-order valence-corrected chi connectivity index (χ3v) is 8.01. The van der Waals surface area contributed by atoms with Crippen molar-refractivity contribution in [3.63, 3.8) is 0 Å². The van der Waals surface area contributed by atoms with Crippen molar-refractivity contribution in [2.75, 3.05) is 18.8 Å². The van der Waals surface area contributed by atoms with Crippen LogP contribution < -0.4 is 31.9 Å². The highest BCUT2D eigenvalue weighted by atomic mass is 32.1. The second-order valence-electron chi connectivity index (χ2n) is 12.2. The number of hydrogen-bond acceptors (Lipinski definition) is 11. The minimum Gasteiger partial charge on any atom is -0.481 e. The fourth-order valence-electron chi connectivity index (χ4n) is 4.78. The van der Waals surface area contributed by atoms with Crippen LogP contribution in [0.5, 0.6) is 0 Å². The SMILES string of the molecule is O=C(O)CCCNC(=O)NC(CCCCNC(=O)NCc1ccc(CC(=O)N[C@H](CC(=O)O)C(=O)C[C@H](CC(=O)O)C(=O)N[C@@H](CS)C(=O)O)cc1)C(=O)O. The molecule has 0 heterocycles. The number of Topliss-reactive ketones (excluding diaryl/α,β-unsaturated/α-hetero) is 1. The first-order valence-corrected chi connectivity index (χ1v) is 17.5. The first kappa shape index (κ1) is 47.1. The Bertz CT molecular complexity index is 1540. The number of thiol groups is 1.